The van der Waals surface area contributed by atoms with E-state index in [-0.39, 0.29) is 12.0 Å². The number of amides is 1. The first-order valence-corrected chi connectivity index (χ1v) is 11.1. The van der Waals surface area contributed by atoms with Crippen molar-refractivity contribution in [2.45, 2.75) is 63.1 Å². The molecule has 1 amide bonds. The molecule has 154 valence electrons. The lowest BCUT2D eigenvalue weighted by Gasteiger charge is -2.36. The Morgan fingerprint density at radius 1 is 1.04 bits per heavy atom. The van der Waals surface area contributed by atoms with Crippen molar-refractivity contribution in [3.05, 3.63) is 29.8 Å². The molecule has 0 spiro atoms. The predicted molar refractivity (Wildman–Crippen MR) is 112 cm³/mol. The van der Waals surface area contributed by atoms with Crippen LogP contribution in [0.15, 0.2) is 24.3 Å². The molecule has 0 bridgehead atoms. The second-order valence-electron chi connectivity index (χ2n) is 8.98. The summed E-state index contributed by atoms with van der Waals surface area (Å²) in [5, 5.41) is 0. The fraction of sp³-hybridized carbons (Fsp3) is 0.696. The Morgan fingerprint density at radius 2 is 1.79 bits per heavy atom. The number of rotatable bonds is 5. The number of hydrogen-bond acceptors (Lipinski definition) is 4. The Balaban J connectivity index is 1.31. The van der Waals surface area contributed by atoms with Crippen LogP contribution < -0.4 is 4.74 Å². The van der Waals surface area contributed by atoms with Gasteiger partial charge in [0, 0.05) is 43.8 Å². The summed E-state index contributed by atoms with van der Waals surface area (Å²) >= 11 is 0. The van der Waals surface area contributed by atoms with E-state index in [4.69, 9.17) is 4.74 Å². The van der Waals surface area contributed by atoms with Crippen LogP contribution in [-0.2, 0) is 0 Å². The monoisotopic (exact) mass is 385 g/mol. The maximum absolute atomic E-state index is 12.9. The highest BCUT2D eigenvalue weighted by atomic mass is 16.5. The molecule has 3 fully saturated rings. The minimum absolute atomic E-state index is 0.130. The van der Waals surface area contributed by atoms with E-state index in [2.05, 4.69) is 23.9 Å². The summed E-state index contributed by atoms with van der Waals surface area (Å²) in [6, 6.07) is 9.08. The van der Waals surface area contributed by atoms with E-state index >= 15 is 0 Å². The van der Waals surface area contributed by atoms with E-state index in [1.54, 1.807) is 0 Å². The molecule has 0 N–H and O–H groups in total. The van der Waals surface area contributed by atoms with E-state index in [9.17, 15) is 4.79 Å². The van der Waals surface area contributed by atoms with Gasteiger partial charge >= 0.3 is 0 Å². The number of benzene rings is 1. The zero-order chi connectivity index (χ0) is 19.5. The van der Waals surface area contributed by atoms with E-state index in [0.717, 1.165) is 62.8 Å². The standard InChI is InChI=1S/C23H35N3O2/c1-24(2)20-10-13-26(17-20)23(27)18-6-5-9-22(16-18)28-21-11-14-25(15-12-21)19-7-3-4-8-19/h5-6,9,16,19-21H,3-4,7-8,10-15,17H2,1-2H3. The molecule has 2 saturated heterocycles. The first kappa shape index (κ1) is 19.7. The third kappa shape index (κ3) is 4.52. The number of likely N-dealkylation sites (N-methyl/N-ethyl adjacent to an activating group) is 1. The van der Waals surface area contributed by atoms with Gasteiger partial charge in [0.1, 0.15) is 11.9 Å². The number of piperidine rings is 1. The molecule has 5 heteroatoms. The molecule has 1 atom stereocenters. The predicted octanol–water partition coefficient (Wildman–Crippen LogP) is 3.25. The second kappa shape index (κ2) is 8.83. The van der Waals surface area contributed by atoms with Gasteiger partial charge in [-0.3, -0.25) is 4.79 Å². The molecular formula is C23H35N3O2. The Kier molecular flexibility index (Phi) is 6.22. The molecule has 1 aliphatic carbocycles. The van der Waals surface area contributed by atoms with Crippen LogP contribution in [0.1, 0.15) is 55.3 Å². The van der Waals surface area contributed by atoms with Crippen LogP contribution >= 0.6 is 0 Å². The highest BCUT2D eigenvalue weighted by molar-refractivity contribution is 5.94. The van der Waals surface area contributed by atoms with Crippen molar-refractivity contribution >= 4 is 5.91 Å². The highest BCUT2D eigenvalue weighted by Crippen LogP contribution is 2.28. The summed E-state index contributed by atoms with van der Waals surface area (Å²) < 4.78 is 6.27. The molecule has 1 aromatic rings. The van der Waals surface area contributed by atoms with Gasteiger partial charge < -0.3 is 19.4 Å². The Morgan fingerprint density at radius 3 is 2.46 bits per heavy atom. The summed E-state index contributed by atoms with van der Waals surface area (Å²) in [7, 11) is 4.18. The molecular weight excluding hydrogens is 350 g/mol. The highest BCUT2D eigenvalue weighted by Gasteiger charge is 2.29. The van der Waals surface area contributed by atoms with Crippen LogP contribution in [0.3, 0.4) is 0 Å². The van der Waals surface area contributed by atoms with Crippen molar-refractivity contribution in [2.24, 2.45) is 0 Å². The van der Waals surface area contributed by atoms with Crippen LogP contribution in [0.25, 0.3) is 0 Å². The second-order valence-corrected chi connectivity index (χ2v) is 8.98. The lowest BCUT2D eigenvalue weighted by atomic mass is 10.0. The molecule has 0 aromatic heterocycles. The van der Waals surface area contributed by atoms with Gasteiger partial charge in [-0.1, -0.05) is 18.9 Å². The van der Waals surface area contributed by atoms with E-state index in [1.165, 1.54) is 25.7 Å². The number of likely N-dealkylation sites (tertiary alicyclic amines) is 2. The van der Waals surface area contributed by atoms with Crippen molar-refractivity contribution in [3.8, 4) is 5.75 Å². The maximum atomic E-state index is 12.9. The summed E-state index contributed by atoms with van der Waals surface area (Å²) in [5.41, 5.74) is 0.750. The quantitative estimate of drug-likeness (QED) is 0.780. The Hall–Kier alpha value is -1.59. The van der Waals surface area contributed by atoms with Crippen molar-refractivity contribution < 1.29 is 9.53 Å². The molecule has 1 saturated carbocycles. The zero-order valence-electron chi connectivity index (χ0n) is 17.5. The fourth-order valence-electron chi connectivity index (χ4n) is 5.05. The van der Waals surface area contributed by atoms with Crippen molar-refractivity contribution in [1.29, 1.82) is 0 Å². The molecule has 5 nitrogen and oxygen atoms in total. The topological polar surface area (TPSA) is 36.0 Å². The van der Waals surface area contributed by atoms with E-state index < -0.39 is 0 Å². The van der Waals surface area contributed by atoms with Gasteiger partial charge in [0.15, 0.2) is 0 Å². The number of ether oxygens (including phenoxy) is 1. The summed E-state index contributed by atoms with van der Waals surface area (Å²) in [6.07, 6.45) is 9.04. The maximum Gasteiger partial charge on any atom is 0.254 e. The van der Waals surface area contributed by atoms with Gasteiger partial charge in [-0.25, -0.2) is 0 Å². The smallest absolute Gasteiger partial charge is 0.254 e. The number of carbonyl (C=O) groups excluding carboxylic acids is 1. The average molecular weight is 386 g/mol. The molecule has 3 aliphatic rings. The average Bonchev–Trinajstić information content (AvgIpc) is 3.40. The lowest BCUT2D eigenvalue weighted by molar-refractivity contribution is 0.0752. The van der Waals surface area contributed by atoms with Crippen molar-refractivity contribution in [2.75, 3.05) is 40.3 Å². The van der Waals surface area contributed by atoms with Gasteiger partial charge in [-0.15, -0.1) is 0 Å². The third-order valence-electron chi connectivity index (χ3n) is 6.88. The van der Waals surface area contributed by atoms with Crippen LogP contribution in [0.5, 0.6) is 5.75 Å². The normalized spacial score (nSPS) is 25.0. The number of carbonyl (C=O) groups is 1. The van der Waals surface area contributed by atoms with E-state index in [0.29, 0.717) is 6.04 Å². The Labute approximate surface area is 169 Å². The molecule has 2 heterocycles. The first-order valence-electron chi connectivity index (χ1n) is 11.1. The third-order valence-corrected chi connectivity index (χ3v) is 6.88. The van der Waals surface area contributed by atoms with Crippen molar-refractivity contribution in [3.63, 3.8) is 0 Å². The molecule has 28 heavy (non-hydrogen) atoms. The Bertz CT molecular complexity index is 664. The first-order chi connectivity index (χ1) is 13.6. The van der Waals surface area contributed by atoms with Gasteiger partial charge in [0.05, 0.1) is 0 Å². The van der Waals surface area contributed by atoms with Crippen LogP contribution in [0, 0.1) is 0 Å². The van der Waals surface area contributed by atoms with Gasteiger partial charge in [-0.05, 0) is 64.4 Å². The fourth-order valence-corrected chi connectivity index (χ4v) is 5.05. The molecule has 4 rings (SSSR count). The van der Waals surface area contributed by atoms with Crippen LogP contribution in [0.4, 0.5) is 0 Å². The van der Waals surface area contributed by atoms with Gasteiger partial charge in [0.25, 0.3) is 5.91 Å². The molecule has 1 unspecified atom stereocenters. The summed E-state index contributed by atoms with van der Waals surface area (Å²) in [6.45, 7) is 3.95. The van der Waals surface area contributed by atoms with Crippen molar-refractivity contribution in [1.82, 2.24) is 14.7 Å². The van der Waals surface area contributed by atoms with Crippen LogP contribution in [0.2, 0.25) is 0 Å². The summed E-state index contributed by atoms with van der Waals surface area (Å²) in [4.78, 5) is 19.8. The number of hydrogen-bond donors (Lipinski definition) is 0. The largest absolute Gasteiger partial charge is 0.490 e. The van der Waals surface area contributed by atoms with E-state index in [1.807, 2.05) is 29.2 Å². The SMILES string of the molecule is CN(C)C1CCN(C(=O)c2cccc(OC3CCN(C4CCCC4)CC3)c2)C1. The molecule has 1 aromatic carbocycles. The molecule has 2 aliphatic heterocycles. The number of nitrogens with zero attached hydrogens (tertiary/aromatic N) is 3. The lowest BCUT2D eigenvalue weighted by Crippen LogP contribution is -2.43. The minimum Gasteiger partial charge on any atom is -0.490 e. The van der Waals surface area contributed by atoms with Crippen LogP contribution in [-0.4, -0.2) is 79.1 Å². The summed E-state index contributed by atoms with van der Waals surface area (Å²) in [5.74, 6) is 0.972. The molecule has 0 radical (unpaired) electrons. The zero-order valence-corrected chi connectivity index (χ0v) is 17.5. The minimum atomic E-state index is 0.130. The van der Waals surface area contributed by atoms with Gasteiger partial charge in [0.2, 0.25) is 0 Å². The van der Waals surface area contributed by atoms with Gasteiger partial charge in [-0.2, -0.15) is 0 Å².